The fourth-order valence-electron chi connectivity index (χ4n) is 2.75. The molecule has 0 radical (unpaired) electrons. The van der Waals surface area contributed by atoms with Crippen LogP contribution in [0.15, 0.2) is 54.9 Å². The lowest BCUT2D eigenvalue weighted by Gasteiger charge is -2.10. The van der Waals surface area contributed by atoms with Crippen molar-refractivity contribution in [2.24, 2.45) is 0 Å². The van der Waals surface area contributed by atoms with Crippen LogP contribution in [0.3, 0.4) is 0 Å². The van der Waals surface area contributed by atoms with Gasteiger partial charge in [-0.2, -0.15) is 0 Å². The maximum atomic E-state index is 6.16. The highest BCUT2D eigenvalue weighted by Crippen LogP contribution is 2.28. The van der Waals surface area contributed by atoms with Gasteiger partial charge in [-0.25, -0.2) is 4.98 Å². The van der Waals surface area contributed by atoms with Crippen molar-refractivity contribution in [1.29, 1.82) is 0 Å². The van der Waals surface area contributed by atoms with E-state index in [1.54, 1.807) is 6.20 Å². The summed E-state index contributed by atoms with van der Waals surface area (Å²) in [5.74, 6) is 0.493. The van der Waals surface area contributed by atoms with E-state index >= 15 is 0 Å². The molecule has 4 aromatic rings. The number of nitrogens with two attached hydrogens (primary N) is 1. The minimum atomic E-state index is 0.493. The fourth-order valence-corrected chi connectivity index (χ4v) is 2.75. The van der Waals surface area contributed by atoms with Crippen molar-refractivity contribution < 1.29 is 0 Å². The molecule has 0 aliphatic heterocycles. The molecule has 4 heteroatoms. The van der Waals surface area contributed by atoms with Crippen molar-refractivity contribution in [3.63, 3.8) is 0 Å². The van der Waals surface area contributed by atoms with Gasteiger partial charge in [0.25, 0.3) is 0 Å². The Balaban J connectivity index is 2.11. The molecule has 4 rings (SSSR count). The Kier molecular flexibility index (Phi) is 2.44. The lowest BCUT2D eigenvalue weighted by Crippen LogP contribution is -2.01. The van der Waals surface area contributed by atoms with Crippen LogP contribution >= 0.6 is 0 Å². The maximum Gasteiger partial charge on any atom is 0.205 e. The van der Waals surface area contributed by atoms with Crippen LogP contribution in [-0.4, -0.2) is 14.5 Å². The molecule has 2 heterocycles. The first-order valence-corrected chi connectivity index (χ1v) is 6.82. The highest BCUT2D eigenvalue weighted by molar-refractivity contribution is 5.93. The van der Waals surface area contributed by atoms with Crippen molar-refractivity contribution >= 4 is 27.8 Å². The highest BCUT2D eigenvalue weighted by Gasteiger charge is 2.12. The third-order valence-electron chi connectivity index (χ3n) is 3.74. The molecule has 0 atom stereocenters. The van der Waals surface area contributed by atoms with E-state index in [0.717, 1.165) is 27.5 Å². The quantitative estimate of drug-likeness (QED) is 0.578. The lowest BCUT2D eigenvalue weighted by atomic mass is 10.1. The van der Waals surface area contributed by atoms with Gasteiger partial charge in [-0.15, -0.1) is 0 Å². The number of fused-ring (bicyclic) bond motifs is 2. The second-order valence-corrected chi connectivity index (χ2v) is 5.17. The van der Waals surface area contributed by atoms with Crippen molar-refractivity contribution in [2.45, 2.75) is 6.92 Å². The standard InChI is InChI=1S/C17H14N4/c1-11-5-6-16-14(9-11)20-17(18)21(16)15-4-2-3-12-7-8-19-10-13(12)15/h2-10H,1H3,(H2,18,20). The van der Waals surface area contributed by atoms with E-state index in [4.69, 9.17) is 5.73 Å². The number of benzene rings is 2. The van der Waals surface area contributed by atoms with E-state index in [2.05, 4.69) is 35.1 Å². The smallest absolute Gasteiger partial charge is 0.205 e. The molecule has 0 aliphatic rings. The van der Waals surface area contributed by atoms with Gasteiger partial charge in [0.05, 0.1) is 16.7 Å². The topological polar surface area (TPSA) is 56.7 Å². The van der Waals surface area contributed by atoms with Gasteiger partial charge < -0.3 is 5.73 Å². The summed E-state index contributed by atoms with van der Waals surface area (Å²) >= 11 is 0. The minimum absolute atomic E-state index is 0.493. The molecule has 0 fully saturated rings. The third-order valence-corrected chi connectivity index (χ3v) is 3.74. The normalized spacial score (nSPS) is 11.3. The maximum absolute atomic E-state index is 6.16. The molecule has 0 bridgehead atoms. The number of nitrogen functional groups attached to an aromatic ring is 1. The Labute approximate surface area is 121 Å². The molecule has 4 nitrogen and oxygen atoms in total. The number of rotatable bonds is 1. The Morgan fingerprint density at radius 2 is 2.00 bits per heavy atom. The van der Waals surface area contributed by atoms with Gasteiger partial charge in [0.15, 0.2) is 0 Å². The van der Waals surface area contributed by atoms with Crippen LogP contribution < -0.4 is 5.73 Å². The van der Waals surface area contributed by atoms with Crippen molar-refractivity contribution in [3.05, 3.63) is 60.4 Å². The van der Waals surface area contributed by atoms with Gasteiger partial charge in [0, 0.05) is 17.8 Å². The van der Waals surface area contributed by atoms with Crippen LogP contribution in [0.5, 0.6) is 0 Å². The van der Waals surface area contributed by atoms with Gasteiger partial charge in [-0.05, 0) is 42.1 Å². The van der Waals surface area contributed by atoms with Gasteiger partial charge in [-0.1, -0.05) is 18.2 Å². The predicted octanol–water partition coefficient (Wildman–Crippen LogP) is 3.46. The number of anilines is 1. The molecule has 102 valence electrons. The number of imidazole rings is 1. The summed E-state index contributed by atoms with van der Waals surface area (Å²) in [7, 11) is 0. The van der Waals surface area contributed by atoms with Crippen LogP contribution in [0.4, 0.5) is 5.95 Å². The summed E-state index contributed by atoms with van der Waals surface area (Å²) in [6.45, 7) is 2.05. The largest absolute Gasteiger partial charge is 0.369 e. The molecular weight excluding hydrogens is 260 g/mol. The SMILES string of the molecule is Cc1ccc2c(c1)nc(N)n2-c1cccc2ccncc12. The summed E-state index contributed by atoms with van der Waals surface area (Å²) < 4.78 is 1.98. The fraction of sp³-hybridized carbons (Fsp3) is 0.0588. The molecule has 21 heavy (non-hydrogen) atoms. The first-order valence-electron chi connectivity index (χ1n) is 6.82. The summed E-state index contributed by atoms with van der Waals surface area (Å²) in [5, 5.41) is 2.20. The van der Waals surface area contributed by atoms with Crippen LogP contribution in [-0.2, 0) is 0 Å². The highest BCUT2D eigenvalue weighted by atomic mass is 15.2. The average Bonchev–Trinajstić information content (AvgIpc) is 2.81. The average molecular weight is 274 g/mol. The molecule has 0 saturated carbocycles. The molecule has 2 aromatic heterocycles. The van der Waals surface area contributed by atoms with Gasteiger partial charge in [-0.3, -0.25) is 9.55 Å². The van der Waals surface area contributed by atoms with E-state index in [-0.39, 0.29) is 0 Å². The van der Waals surface area contributed by atoms with Gasteiger partial charge >= 0.3 is 0 Å². The zero-order valence-electron chi connectivity index (χ0n) is 11.6. The zero-order chi connectivity index (χ0) is 14.4. The summed E-state index contributed by atoms with van der Waals surface area (Å²) in [5.41, 5.74) is 10.3. The number of aryl methyl sites for hydroxylation is 1. The minimum Gasteiger partial charge on any atom is -0.369 e. The Morgan fingerprint density at radius 3 is 2.90 bits per heavy atom. The molecule has 0 spiro atoms. The van der Waals surface area contributed by atoms with E-state index in [1.807, 2.05) is 35.0 Å². The Hall–Kier alpha value is -2.88. The zero-order valence-corrected chi connectivity index (χ0v) is 11.6. The van der Waals surface area contributed by atoms with Gasteiger partial charge in [0.1, 0.15) is 0 Å². The molecule has 0 saturated heterocycles. The first-order chi connectivity index (χ1) is 10.2. The Morgan fingerprint density at radius 1 is 1.10 bits per heavy atom. The molecule has 2 aromatic carbocycles. The lowest BCUT2D eigenvalue weighted by molar-refractivity contribution is 1.12. The van der Waals surface area contributed by atoms with Crippen LogP contribution in [0.25, 0.3) is 27.5 Å². The summed E-state index contributed by atoms with van der Waals surface area (Å²) in [4.78, 5) is 8.71. The number of aromatic nitrogens is 3. The number of nitrogens with zero attached hydrogens (tertiary/aromatic N) is 3. The van der Waals surface area contributed by atoms with Crippen molar-refractivity contribution in [2.75, 3.05) is 5.73 Å². The number of pyridine rings is 1. The molecule has 0 amide bonds. The van der Waals surface area contributed by atoms with Crippen molar-refractivity contribution in [1.82, 2.24) is 14.5 Å². The number of hydrogen-bond donors (Lipinski definition) is 1. The van der Waals surface area contributed by atoms with E-state index in [9.17, 15) is 0 Å². The molecule has 2 N–H and O–H groups in total. The third kappa shape index (κ3) is 1.76. The number of hydrogen-bond acceptors (Lipinski definition) is 3. The molecule has 0 unspecified atom stereocenters. The Bertz CT molecular complexity index is 964. The molecular formula is C17H14N4. The second kappa shape index (κ2) is 4.31. The summed E-state index contributed by atoms with van der Waals surface area (Å²) in [6, 6.07) is 14.3. The van der Waals surface area contributed by atoms with E-state index < -0.39 is 0 Å². The van der Waals surface area contributed by atoms with Gasteiger partial charge in [0.2, 0.25) is 5.95 Å². The van der Waals surface area contributed by atoms with Crippen LogP contribution in [0.1, 0.15) is 5.56 Å². The molecule has 0 aliphatic carbocycles. The first kappa shape index (κ1) is 11.9. The monoisotopic (exact) mass is 274 g/mol. The van der Waals surface area contributed by atoms with E-state index in [0.29, 0.717) is 5.95 Å². The predicted molar refractivity (Wildman–Crippen MR) is 85.5 cm³/mol. The summed E-state index contributed by atoms with van der Waals surface area (Å²) in [6.07, 6.45) is 3.66. The second-order valence-electron chi connectivity index (χ2n) is 5.17. The van der Waals surface area contributed by atoms with E-state index in [1.165, 1.54) is 5.56 Å². The van der Waals surface area contributed by atoms with Crippen LogP contribution in [0.2, 0.25) is 0 Å². The van der Waals surface area contributed by atoms with Crippen LogP contribution in [0, 0.1) is 6.92 Å². The van der Waals surface area contributed by atoms with Crippen molar-refractivity contribution in [3.8, 4) is 5.69 Å².